The molecule has 116 valence electrons. The summed E-state index contributed by atoms with van der Waals surface area (Å²) in [7, 11) is -1.73. The summed E-state index contributed by atoms with van der Waals surface area (Å²) in [5, 5.41) is 3.46. The van der Waals surface area contributed by atoms with E-state index in [1.807, 2.05) is 27.8 Å². The maximum Gasteiger partial charge on any atom is 0.264 e. The molecule has 2 N–H and O–H groups in total. The first-order valence-corrected chi connectivity index (χ1v) is 9.72. The Labute approximate surface area is 133 Å². The molecule has 0 aromatic carbocycles. The lowest BCUT2D eigenvalue weighted by atomic mass is 10.3. The molecule has 0 aliphatic heterocycles. The van der Waals surface area contributed by atoms with E-state index in [2.05, 4.69) is 15.0 Å². The van der Waals surface area contributed by atoms with E-state index >= 15 is 0 Å². The fourth-order valence-corrected chi connectivity index (χ4v) is 5.81. The number of aryl methyl sites for hydroxylation is 3. The van der Waals surface area contributed by atoms with Crippen LogP contribution in [0.5, 0.6) is 0 Å². The van der Waals surface area contributed by atoms with Crippen LogP contribution < -0.4 is 10.0 Å². The first-order chi connectivity index (χ1) is 9.87. The molecule has 0 saturated heterocycles. The van der Waals surface area contributed by atoms with E-state index in [0.29, 0.717) is 16.6 Å². The predicted octanol–water partition coefficient (Wildman–Crippen LogP) is 2.90. The molecule has 2 heterocycles. The maximum absolute atomic E-state index is 12.5. The highest BCUT2D eigenvalue weighted by Crippen LogP contribution is 2.29. The number of anilines is 1. The average molecular weight is 346 g/mol. The van der Waals surface area contributed by atoms with Crippen LogP contribution in [-0.2, 0) is 23.0 Å². The van der Waals surface area contributed by atoms with E-state index < -0.39 is 10.0 Å². The van der Waals surface area contributed by atoms with Gasteiger partial charge in [0.25, 0.3) is 10.0 Å². The number of aromatic nitrogens is 1. The Kier molecular flexibility index (Phi) is 5.03. The van der Waals surface area contributed by atoms with Crippen molar-refractivity contribution < 1.29 is 8.42 Å². The predicted molar refractivity (Wildman–Crippen MR) is 88.9 cm³/mol. The number of thiophene rings is 1. The van der Waals surface area contributed by atoms with Gasteiger partial charge in [0.2, 0.25) is 0 Å². The van der Waals surface area contributed by atoms with Crippen molar-refractivity contribution in [2.45, 2.75) is 38.6 Å². The number of hydrogen-bond donors (Lipinski definition) is 2. The number of sulfonamides is 1. The van der Waals surface area contributed by atoms with Crippen molar-refractivity contribution in [3.8, 4) is 0 Å². The summed E-state index contributed by atoms with van der Waals surface area (Å²) in [6.07, 6.45) is 0.799. The van der Waals surface area contributed by atoms with E-state index in [9.17, 15) is 8.42 Å². The number of nitrogens with one attached hydrogen (secondary N) is 2. The van der Waals surface area contributed by atoms with Crippen molar-refractivity contribution in [2.75, 3.05) is 11.8 Å². The number of nitrogens with zero attached hydrogens (tertiary/aromatic N) is 1. The van der Waals surface area contributed by atoms with Gasteiger partial charge in [0.15, 0.2) is 5.13 Å². The second-order valence-electron chi connectivity index (χ2n) is 4.64. The highest BCUT2D eigenvalue weighted by Gasteiger charge is 2.21. The highest BCUT2D eigenvalue weighted by atomic mass is 32.2. The molecule has 8 heteroatoms. The minimum absolute atomic E-state index is 0.337. The van der Waals surface area contributed by atoms with Gasteiger partial charge in [-0.25, -0.2) is 13.4 Å². The normalized spacial score (nSPS) is 11.8. The van der Waals surface area contributed by atoms with Crippen LogP contribution in [0.25, 0.3) is 0 Å². The molecule has 0 aliphatic rings. The van der Waals surface area contributed by atoms with E-state index in [0.717, 1.165) is 26.7 Å². The summed E-state index contributed by atoms with van der Waals surface area (Å²) < 4.78 is 27.6. The van der Waals surface area contributed by atoms with Gasteiger partial charge in [-0.15, -0.1) is 22.7 Å². The van der Waals surface area contributed by atoms with E-state index in [-0.39, 0.29) is 0 Å². The SMILES string of the molecule is CCc1nc(NS(=O)(=O)c2cc(CNC)sc2C)sc1C. The van der Waals surface area contributed by atoms with Crippen molar-refractivity contribution in [2.24, 2.45) is 0 Å². The van der Waals surface area contributed by atoms with Crippen LogP contribution in [0.1, 0.15) is 27.2 Å². The second kappa shape index (κ2) is 6.43. The average Bonchev–Trinajstić information content (AvgIpc) is 2.93. The molecule has 0 amide bonds. The monoisotopic (exact) mass is 345 g/mol. The molecule has 0 spiro atoms. The summed E-state index contributed by atoms with van der Waals surface area (Å²) in [6.45, 7) is 6.45. The van der Waals surface area contributed by atoms with Crippen LogP contribution in [-0.4, -0.2) is 20.4 Å². The lowest BCUT2D eigenvalue weighted by Gasteiger charge is -2.03. The molecule has 0 radical (unpaired) electrons. The van der Waals surface area contributed by atoms with Gasteiger partial charge in [-0.05, 0) is 33.4 Å². The molecule has 0 atom stereocenters. The standard InChI is InChI=1S/C13H19N3O2S3/c1-5-11-8(2)20-13(15-11)16-21(17,18)12-6-10(7-14-4)19-9(12)3/h6,14H,5,7H2,1-4H3,(H,15,16). The maximum atomic E-state index is 12.5. The third kappa shape index (κ3) is 3.63. The zero-order chi connectivity index (χ0) is 15.6. The summed E-state index contributed by atoms with van der Waals surface area (Å²) in [5.74, 6) is 0. The van der Waals surface area contributed by atoms with Gasteiger partial charge in [0.05, 0.1) is 5.69 Å². The molecular weight excluding hydrogens is 326 g/mol. The van der Waals surface area contributed by atoms with Gasteiger partial charge in [-0.2, -0.15) is 0 Å². The quantitative estimate of drug-likeness (QED) is 0.844. The van der Waals surface area contributed by atoms with Crippen LogP contribution in [0.2, 0.25) is 0 Å². The van der Waals surface area contributed by atoms with Crippen LogP contribution in [0.15, 0.2) is 11.0 Å². The third-order valence-electron chi connectivity index (χ3n) is 3.01. The molecule has 5 nitrogen and oxygen atoms in total. The first kappa shape index (κ1) is 16.4. The molecule has 2 aromatic heterocycles. The topological polar surface area (TPSA) is 71.1 Å². The Hall–Kier alpha value is -0.960. The molecule has 2 aromatic rings. The molecule has 0 unspecified atom stereocenters. The fraction of sp³-hybridized carbons (Fsp3) is 0.462. The lowest BCUT2D eigenvalue weighted by molar-refractivity contribution is 0.601. The Bertz CT molecular complexity index is 732. The number of thiazole rings is 1. The Balaban J connectivity index is 2.29. The first-order valence-electron chi connectivity index (χ1n) is 6.60. The summed E-state index contributed by atoms with van der Waals surface area (Å²) in [5.41, 5.74) is 0.940. The third-order valence-corrected chi connectivity index (χ3v) is 6.72. The smallest absolute Gasteiger partial charge is 0.264 e. The zero-order valence-corrected chi connectivity index (χ0v) is 14.9. The summed E-state index contributed by atoms with van der Waals surface area (Å²) >= 11 is 2.86. The van der Waals surface area contributed by atoms with Crippen LogP contribution in [0, 0.1) is 13.8 Å². The van der Waals surface area contributed by atoms with Gasteiger partial charge < -0.3 is 5.32 Å². The summed E-state index contributed by atoms with van der Waals surface area (Å²) in [4.78, 5) is 7.51. The van der Waals surface area contributed by atoms with Gasteiger partial charge in [0.1, 0.15) is 4.90 Å². The minimum atomic E-state index is -3.57. The van der Waals surface area contributed by atoms with Crippen LogP contribution in [0.3, 0.4) is 0 Å². The zero-order valence-electron chi connectivity index (χ0n) is 12.5. The fourth-order valence-electron chi connectivity index (χ4n) is 2.02. The van der Waals surface area contributed by atoms with Crippen molar-refractivity contribution >= 4 is 37.8 Å². The minimum Gasteiger partial charge on any atom is -0.315 e. The number of rotatable bonds is 6. The summed E-state index contributed by atoms with van der Waals surface area (Å²) in [6, 6.07) is 1.72. The molecule has 0 fully saturated rings. The number of hydrogen-bond acceptors (Lipinski definition) is 6. The van der Waals surface area contributed by atoms with E-state index in [1.54, 1.807) is 6.07 Å². The van der Waals surface area contributed by atoms with Gasteiger partial charge in [-0.1, -0.05) is 6.92 Å². The van der Waals surface area contributed by atoms with Crippen molar-refractivity contribution in [1.29, 1.82) is 0 Å². The molecule has 2 rings (SSSR count). The van der Waals surface area contributed by atoms with Crippen LogP contribution in [0.4, 0.5) is 5.13 Å². The van der Waals surface area contributed by atoms with Gasteiger partial charge in [-0.3, -0.25) is 4.72 Å². The van der Waals surface area contributed by atoms with Crippen LogP contribution >= 0.6 is 22.7 Å². The Morgan fingerprint density at radius 3 is 2.52 bits per heavy atom. The molecule has 0 bridgehead atoms. The largest absolute Gasteiger partial charge is 0.315 e. The van der Waals surface area contributed by atoms with Crippen molar-refractivity contribution in [3.63, 3.8) is 0 Å². The van der Waals surface area contributed by atoms with Gasteiger partial charge in [0, 0.05) is 21.2 Å². The molecule has 0 aliphatic carbocycles. The molecule has 21 heavy (non-hydrogen) atoms. The van der Waals surface area contributed by atoms with Crippen molar-refractivity contribution in [3.05, 3.63) is 26.4 Å². The lowest BCUT2D eigenvalue weighted by Crippen LogP contribution is -2.13. The second-order valence-corrected chi connectivity index (χ2v) is 8.84. The van der Waals surface area contributed by atoms with E-state index in [1.165, 1.54) is 22.7 Å². The van der Waals surface area contributed by atoms with Gasteiger partial charge >= 0.3 is 0 Å². The van der Waals surface area contributed by atoms with E-state index in [4.69, 9.17) is 0 Å². The molecular formula is C13H19N3O2S3. The highest BCUT2D eigenvalue weighted by molar-refractivity contribution is 7.93. The molecule has 0 saturated carbocycles. The Morgan fingerprint density at radius 2 is 1.95 bits per heavy atom. The van der Waals surface area contributed by atoms with Crippen molar-refractivity contribution in [1.82, 2.24) is 10.3 Å². The Morgan fingerprint density at radius 1 is 1.24 bits per heavy atom.